The maximum absolute atomic E-state index is 15.4. The van der Waals surface area contributed by atoms with Crippen LogP contribution >= 0.6 is 0 Å². The van der Waals surface area contributed by atoms with Crippen molar-refractivity contribution in [3.63, 3.8) is 0 Å². The second-order valence-corrected chi connectivity index (χ2v) is 29.5. The number of phenols is 3. The van der Waals surface area contributed by atoms with E-state index in [4.69, 9.17) is 0 Å². The lowest BCUT2D eigenvalue weighted by atomic mass is 9.78. The van der Waals surface area contributed by atoms with Gasteiger partial charge in [-0.1, -0.05) is 29.5 Å². The summed E-state index contributed by atoms with van der Waals surface area (Å²) < 4.78 is 20.9. The lowest BCUT2D eigenvalue weighted by molar-refractivity contribution is 0.0257. The number of piperidine rings is 3. The van der Waals surface area contributed by atoms with Gasteiger partial charge in [-0.05, 0) is 193 Å². The van der Waals surface area contributed by atoms with Crippen LogP contribution in [-0.2, 0) is 0 Å². The van der Waals surface area contributed by atoms with Crippen LogP contribution in [0.5, 0.6) is 17.2 Å². The Hall–Kier alpha value is -10.1. The molecule has 2 atom stereocenters. The lowest BCUT2D eigenvalue weighted by Crippen LogP contribution is -2.64. The smallest absolute Gasteiger partial charge is 0.201 e. The number of hydrogen-bond acceptors (Lipinski definition) is 20. The second-order valence-electron chi connectivity index (χ2n) is 29.5. The zero-order valence-corrected chi connectivity index (χ0v) is 55.9. The zero-order valence-electron chi connectivity index (χ0n) is 55.9. The molecule has 494 valence electrons. The van der Waals surface area contributed by atoms with E-state index < -0.39 is 17.8 Å². The molecule has 0 spiro atoms. The number of alkyl halides is 1. The monoisotopic (exact) mass is 1290 g/mol. The molecule has 24 nitrogen and oxygen atoms in total. The lowest BCUT2D eigenvalue weighted by Gasteiger charge is -2.48. The summed E-state index contributed by atoms with van der Waals surface area (Å²) in [6.45, 7) is 25.6. The third kappa shape index (κ3) is 13.5. The molecule has 12 heterocycles. The van der Waals surface area contributed by atoms with Crippen molar-refractivity contribution in [3.05, 3.63) is 141 Å². The minimum Gasteiger partial charge on any atom is -0.507 e. The molecule has 96 heavy (non-hydrogen) atoms. The van der Waals surface area contributed by atoms with E-state index in [1.54, 1.807) is 72.2 Å². The molecule has 3 fully saturated rings. The number of benzene rings is 3. The molecule has 3 aliphatic heterocycles. The number of fused-ring (bicyclic) bond motifs is 3. The number of pyridine rings is 1. The summed E-state index contributed by atoms with van der Waals surface area (Å²) in [6, 6.07) is 25.7. The number of aromatic amines is 1. The number of nitrogens with one attached hydrogen (secondary N) is 4. The Kier molecular flexibility index (Phi) is 16.5. The molecule has 0 radical (unpaired) electrons. The van der Waals surface area contributed by atoms with E-state index in [2.05, 4.69) is 148 Å². The highest BCUT2D eigenvalue weighted by atomic mass is 19.1. The van der Waals surface area contributed by atoms with E-state index in [0.717, 1.165) is 81.1 Å². The highest BCUT2D eigenvalue weighted by Crippen LogP contribution is 2.43. The molecule has 3 saturated heterocycles. The number of aromatic hydroxyl groups is 3. The van der Waals surface area contributed by atoms with Crippen molar-refractivity contribution in [1.29, 1.82) is 0 Å². The average Bonchev–Trinajstić information content (AvgIpc) is 1.44. The van der Waals surface area contributed by atoms with Gasteiger partial charge in [0.1, 0.15) is 35.3 Å². The van der Waals surface area contributed by atoms with Crippen molar-refractivity contribution >= 4 is 33.2 Å². The fourth-order valence-electron chi connectivity index (χ4n) is 15.0. The summed E-state index contributed by atoms with van der Waals surface area (Å²) in [4.78, 5) is 12.2. The first-order valence-corrected chi connectivity index (χ1v) is 32.2. The number of hydrogen-bond donors (Lipinski definition) is 7. The molecule has 25 heteroatoms. The summed E-state index contributed by atoms with van der Waals surface area (Å²) in [5, 5.41) is 95.5. The van der Waals surface area contributed by atoms with Gasteiger partial charge in [0.2, 0.25) is 5.65 Å². The van der Waals surface area contributed by atoms with Crippen LogP contribution in [0, 0.1) is 0 Å². The summed E-state index contributed by atoms with van der Waals surface area (Å²) >= 11 is 0. The Morgan fingerprint density at radius 2 is 0.896 bits per heavy atom. The molecule has 0 bridgehead atoms. The van der Waals surface area contributed by atoms with E-state index in [-0.39, 0.29) is 57.0 Å². The van der Waals surface area contributed by atoms with Crippen molar-refractivity contribution < 1.29 is 19.7 Å². The Bertz CT molecular complexity index is 4560. The SMILES string of the molecule is CC1(C)CC(n2ncc3cc(-c4ccc(-c5cccnc5)cc4O)nnc32)CC(C)(C)N1.CC1(C)CC(n2ncc3cc(-c4ccc(-c5cncnc5)cc4O)nnc32)CC(C)(C)N1.CC1(C)C[C@@H](n2nnc3cc(-c4ccc(-c5cn[nH]c5)cc4O)nnc32)[C@H](F)C(C)(C)N1. The van der Waals surface area contributed by atoms with Gasteiger partial charge in [-0.2, -0.15) is 15.3 Å². The minimum absolute atomic E-state index is 0.00931. The van der Waals surface area contributed by atoms with Gasteiger partial charge in [0, 0.05) is 108 Å². The quantitative estimate of drug-likeness (QED) is 0.0706. The highest BCUT2D eigenvalue weighted by Gasteiger charge is 2.48. The van der Waals surface area contributed by atoms with E-state index in [1.165, 1.54) is 6.33 Å². The maximum atomic E-state index is 15.4. The molecule has 9 aromatic heterocycles. The first-order chi connectivity index (χ1) is 45.6. The summed E-state index contributed by atoms with van der Waals surface area (Å²) in [5.74, 6) is 0.360. The fourth-order valence-corrected chi connectivity index (χ4v) is 15.0. The van der Waals surface area contributed by atoms with Crippen molar-refractivity contribution in [2.75, 3.05) is 0 Å². The van der Waals surface area contributed by atoms with Gasteiger partial charge in [0.25, 0.3) is 0 Å². The topological polar surface area (TPSA) is 308 Å². The number of halogens is 1. The van der Waals surface area contributed by atoms with Crippen molar-refractivity contribution in [2.24, 2.45) is 0 Å². The van der Waals surface area contributed by atoms with Gasteiger partial charge < -0.3 is 31.3 Å². The summed E-state index contributed by atoms with van der Waals surface area (Å²) in [6.07, 6.45) is 18.7. The number of nitrogens with zero attached hydrogens (tertiary/aromatic N) is 17. The van der Waals surface area contributed by atoms with Gasteiger partial charge in [0.05, 0.1) is 53.8 Å². The Morgan fingerprint density at radius 1 is 0.438 bits per heavy atom. The Balaban J connectivity index is 0.000000130. The van der Waals surface area contributed by atoms with Crippen LogP contribution in [0.2, 0.25) is 0 Å². The van der Waals surface area contributed by atoms with E-state index in [1.807, 2.05) is 104 Å². The molecule has 12 aromatic rings. The first-order valence-electron chi connectivity index (χ1n) is 32.2. The van der Waals surface area contributed by atoms with E-state index in [9.17, 15) is 15.3 Å². The largest absolute Gasteiger partial charge is 0.507 e. The van der Waals surface area contributed by atoms with Gasteiger partial charge in [-0.25, -0.2) is 28.4 Å². The molecule has 3 aliphatic rings. The second kappa shape index (κ2) is 24.6. The summed E-state index contributed by atoms with van der Waals surface area (Å²) in [7, 11) is 0. The number of H-pyrrole nitrogens is 1. The van der Waals surface area contributed by atoms with Gasteiger partial charge in [-0.15, -0.1) is 35.7 Å². The van der Waals surface area contributed by atoms with Crippen LogP contribution in [0.4, 0.5) is 4.39 Å². The molecule has 7 N–H and O–H groups in total. The fraction of sp³-hybridized carbons (Fsp3) is 0.380. The van der Waals surface area contributed by atoms with Gasteiger partial charge in [0.15, 0.2) is 11.3 Å². The maximum Gasteiger partial charge on any atom is 0.201 e. The predicted molar refractivity (Wildman–Crippen MR) is 366 cm³/mol. The Labute approximate surface area is 554 Å². The molecule has 0 amide bonds. The van der Waals surface area contributed by atoms with Crippen LogP contribution < -0.4 is 16.0 Å². The molecule has 3 aromatic carbocycles. The third-order valence-corrected chi connectivity index (χ3v) is 18.2. The molecular weight excluding hydrogens is 1210 g/mol. The third-order valence-electron chi connectivity index (χ3n) is 18.2. The standard InChI is InChI=1S/C25H28N6O.C24H27N7O.C22H25FN8O/c1-24(2)12-19(13-25(3,4)30-24)31-23-18(15-27-31)10-21(28-29-23)20-8-7-16(11-22(20)32)17-6-5-9-26-14-17;1-23(2)9-18(10-24(3,4)30-23)31-22-16(13-27-31)7-20(28-29-22)19-6-5-15(8-21(19)32)17-11-25-14-26-12-17;1-21(2)9-17(19(23)22(3,4)29-21)31-20-16(27-30-31)8-15(26-28-20)14-6-5-12(7-18(14)32)13-10-24-25-11-13/h5-11,14-15,19,30,32H,12-13H2,1-4H3;5-8,11-14,18,30,32H,9-10H2,1-4H3;5-8,10-11,17,19,29,32H,9H2,1-4H3,(H,24,25)/t;;17-,19+/m..1/s1. The van der Waals surface area contributed by atoms with E-state index >= 15 is 4.39 Å². The first kappa shape index (κ1) is 64.6. The van der Waals surface area contributed by atoms with Crippen LogP contribution in [0.1, 0.15) is 133 Å². The van der Waals surface area contributed by atoms with E-state index in [0.29, 0.717) is 51.4 Å². The summed E-state index contributed by atoms with van der Waals surface area (Å²) in [5.41, 5.74) is 10.2. The average molecular weight is 1290 g/mol. The molecular formula is C71H80FN21O3. The van der Waals surface area contributed by atoms with Gasteiger partial charge >= 0.3 is 0 Å². The van der Waals surface area contributed by atoms with Crippen molar-refractivity contribution in [2.45, 2.75) is 173 Å². The highest BCUT2D eigenvalue weighted by molar-refractivity contribution is 5.84. The predicted octanol–water partition coefficient (Wildman–Crippen LogP) is 12.3. The molecule has 0 unspecified atom stereocenters. The minimum atomic E-state index is -1.18. The molecule has 0 aliphatic carbocycles. The molecule has 15 rings (SSSR count). The molecule has 0 saturated carbocycles. The van der Waals surface area contributed by atoms with Crippen molar-refractivity contribution in [1.82, 2.24) is 106 Å². The van der Waals surface area contributed by atoms with Crippen LogP contribution in [0.3, 0.4) is 0 Å². The number of phenolic OH excluding ortho intramolecular Hbond substituents is 3. The number of rotatable bonds is 9. The van der Waals surface area contributed by atoms with Gasteiger partial charge in [-0.3, -0.25) is 10.1 Å². The Morgan fingerprint density at radius 3 is 1.36 bits per heavy atom. The number of aromatic nitrogens is 18. The zero-order chi connectivity index (χ0) is 67.7. The van der Waals surface area contributed by atoms with Crippen LogP contribution in [-0.4, -0.2) is 145 Å². The normalized spacial score (nSPS) is 19.5. The van der Waals surface area contributed by atoms with Crippen LogP contribution in [0.25, 0.3) is 100 Å². The van der Waals surface area contributed by atoms with Crippen molar-refractivity contribution in [3.8, 4) is 84.4 Å². The van der Waals surface area contributed by atoms with Crippen LogP contribution in [0.15, 0.2) is 141 Å².